The van der Waals surface area contributed by atoms with Crippen molar-refractivity contribution >= 4 is 28.4 Å². The molecule has 1 aliphatic heterocycles. The number of rotatable bonds is 8. The van der Waals surface area contributed by atoms with E-state index in [1.165, 1.54) is 29.2 Å². The van der Waals surface area contributed by atoms with E-state index < -0.39 is 0 Å². The third-order valence-corrected chi connectivity index (χ3v) is 5.95. The number of nitrogens with one attached hydrogen (secondary N) is 2. The number of amides is 1. The lowest BCUT2D eigenvalue weighted by Gasteiger charge is -2.22. The molecule has 2 N–H and O–H groups in total. The molecule has 0 bridgehead atoms. The zero-order valence-electron chi connectivity index (χ0n) is 14.8. The summed E-state index contributed by atoms with van der Waals surface area (Å²) in [7, 11) is 0. The van der Waals surface area contributed by atoms with Crippen LogP contribution in [-0.2, 0) is 10.5 Å². The molecule has 0 unspecified atom stereocenters. The highest BCUT2D eigenvalue weighted by Gasteiger charge is 2.14. The lowest BCUT2D eigenvalue weighted by Crippen LogP contribution is -2.30. The van der Waals surface area contributed by atoms with Gasteiger partial charge in [-0.1, -0.05) is 42.5 Å². The predicted octanol–water partition coefficient (Wildman–Crippen LogP) is 3.97. The Kier molecular flexibility index (Phi) is 7.19. The highest BCUT2D eigenvalue weighted by molar-refractivity contribution is 7.98. The summed E-state index contributed by atoms with van der Waals surface area (Å²) in [5, 5.41) is 9.08. The summed E-state index contributed by atoms with van der Waals surface area (Å²) in [5.74, 6) is 2.89. The molecule has 0 aliphatic carbocycles. The molecule has 1 heterocycles. The number of carbonyl (C=O) groups is 1. The van der Waals surface area contributed by atoms with Crippen LogP contribution in [0.2, 0.25) is 0 Å². The Bertz CT molecular complexity index is 677. The van der Waals surface area contributed by atoms with Gasteiger partial charge in [0, 0.05) is 24.5 Å². The van der Waals surface area contributed by atoms with Gasteiger partial charge in [-0.15, -0.1) is 0 Å². The Morgan fingerprint density at radius 1 is 1.12 bits per heavy atom. The molecule has 1 fully saturated rings. The van der Waals surface area contributed by atoms with Gasteiger partial charge in [0.1, 0.15) is 0 Å². The second-order valence-corrected chi connectivity index (χ2v) is 7.88. The van der Waals surface area contributed by atoms with E-state index in [1.807, 2.05) is 11.8 Å². The van der Waals surface area contributed by atoms with Crippen LogP contribution in [0.3, 0.4) is 0 Å². The molecule has 0 aromatic heterocycles. The monoisotopic (exact) mass is 356 g/mol. The van der Waals surface area contributed by atoms with Gasteiger partial charge in [-0.25, -0.2) is 0 Å². The maximum atomic E-state index is 12.0. The van der Waals surface area contributed by atoms with Crippen LogP contribution in [0.1, 0.15) is 31.2 Å². The molecule has 0 saturated carbocycles. The lowest BCUT2D eigenvalue weighted by atomic mass is 9.93. The standard InChI is InChI=1S/C21H28N2OS/c24-21(9-8-17-10-12-22-13-11-17)23-14-15-25-16-19-6-3-5-18-4-1-2-7-20(18)19/h1-7,17,22H,8-16H2,(H,23,24). The SMILES string of the molecule is O=C(CCC1CCNCC1)NCCSCc1cccc2ccccc12. The van der Waals surface area contributed by atoms with Crippen molar-refractivity contribution in [1.82, 2.24) is 10.6 Å². The first-order valence-corrected chi connectivity index (χ1v) is 10.5. The van der Waals surface area contributed by atoms with E-state index in [4.69, 9.17) is 0 Å². The van der Waals surface area contributed by atoms with Gasteiger partial charge in [0.05, 0.1) is 0 Å². The molecule has 25 heavy (non-hydrogen) atoms. The van der Waals surface area contributed by atoms with Crippen molar-refractivity contribution in [3.63, 3.8) is 0 Å². The zero-order chi connectivity index (χ0) is 17.3. The summed E-state index contributed by atoms with van der Waals surface area (Å²) in [6, 6.07) is 15.0. The van der Waals surface area contributed by atoms with E-state index in [-0.39, 0.29) is 5.91 Å². The number of fused-ring (bicyclic) bond motifs is 1. The molecule has 134 valence electrons. The number of carbonyl (C=O) groups excluding carboxylic acids is 1. The van der Waals surface area contributed by atoms with Crippen molar-refractivity contribution in [2.45, 2.75) is 31.4 Å². The van der Waals surface area contributed by atoms with Gasteiger partial charge in [-0.2, -0.15) is 11.8 Å². The fourth-order valence-corrected chi connectivity index (χ4v) is 4.32. The Hall–Kier alpha value is -1.52. The molecule has 0 radical (unpaired) electrons. The minimum Gasteiger partial charge on any atom is -0.355 e. The highest BCUT2D eigenvalue weighted by Crippen LogP contribution is 2.22. The fourth-order valence-electron chi connectivity index (χ4n) is 3.46. The molecule has 0 atom stereocenters. The minimum absolute atomic E-state index is 0.212. The number of piperidine rings is 1. The summed E-state index contributed by atoms with van der Waals surface area (Å²) < 4.78 is 0. The van der Waals surface area contributed by atoms with Crippen LogP contribution in [0.4, 0.5) is 0 Å². The van der Waals surface area contributed by atoms with Gasteiger partial charge in [0.2, 0.25) is 5.91 Å². The Labute approximate surface area is 155 Å². The average Bonchev–Trinajstić information content (AvgIpc) is 2.67. The van der Waals surface area contributed by atoms with Crippen LogP contribution in [0.15, 0.2) is 42.5 Å². The molecule has 3 rings (SSSR count). The minimum atomic E-state index is 0.212. The van der Waals surface area contributed by atoms with E-state index in [0.29, 0.717) is 6.42 Å². The molecule has 1 amide bonds. The molecule has 4 heteroatoms. The van der Waals surface area contributed by atoms with Crippen LogP contribution >= 0.6 is 11.8 Å². The molecule has 2 aromatic carbocycles. The molecule has 1 saturated heterocycles. The largest absolute Gasteiger partial charge is 0.355 e. The first-order chi connectivity index (χ1) is 12.3. The van der Waals surface area contributed by atoms with Crippen molar-refractivity contribution in [2.75, 3.05) is 25.4 Å². The predicted molar refractivity (Wildman–Crippen MR) is 108 cm³/mol. The zero-order valence-corrected chi connectivity index (χ0v) is 15.6. The summed E-state index contributed by atoms with van der Waals surface area (Å²) in [4.78, 5) is 12.0. The maximum absolute atomic E-state index is 12.0. The van der Waals surface area contributed by atoms with E-state index in [2.05, 4.69) is 53.1 Å². The first-order valence-electron chi connectivity index (χ1n) is 9.35. The summed E-state index contributed by atoms with van der Waals surface area (Å²) in [6.07, 6.45) is 4.15. The molecular formula is C21H28N2OS. The van der Waals surface area contributed by atoms with Crippen molar-refractivity contribution in [1.29, 1.82) is 0 Å². The lowest BCUT2D eigenvalue weighted by molar-refractivity contribution is -0.121. The van der Waals surface area contributed by atoms with Gasteiger partial charge in [-0.05, 0) is 54.6 Å². The van der Waals surface area contributed by atoms with Crippen molar-refractivity contribution in [2.24, 2.45) is 5.92 Å². The Balaban J connectivity index is 1.32. The summed E-state index contributed by atoms with van der Waals surface area (Å²) >= 11 is 1.89. The van der Waals surface area contributed by atoms with E-state index in [9.17, 15) is 4.79 Å². The third kappa shape index (κ3) is 5.75. The summed E-state index contributed by atoms with van der Waals surface area (Å²) in [6.45, 7) is 2.98. The van der Waals surface area contributed by atoms with Crippen LogP contribution in [0, 0.1) is 5.92 Å². The van der Waals surface area contributed by atoms with Gasteiger partial charge in [-0.3, -0.25) is 4.79 Å². The molecule has 1 aliphatic rings. The van der Waals surface area contributed by atoms with Crippen LogP contribution in [0.5, 0.6) is 0 Å². The van der Waals surface area contributed by atoms with Gasteiger partial charge in [0.15, 0.2) is 0 Å². The Morgan fingerprint density at radius 3 is 2.80 bits per heavy atom. The van der Waals surface area contributed by atoms with E-state index >= 15 is 0 Å². The average molecular weight is 357 g/mol. The normalized spacial score (nSPS) is 15.4. The molecule has 3 nitrogen and oxygen atoms in total. The van der Waals surface area contributed by atoms with Crippen LogP contribution in [0.25, 0.3) is 10.8 Å². The van der Waals surface area contributed by atoms with E-state index in [1.54, 1.807) is 0 Å². The highest BCUT2D eigenvalue weighted by atomic mass is 32.2. The van der Waals surface area contributed by atoms with Crippen molar-refractivity contribution in [3.05, 3.63) is 48.0 Å². The number of hydrogen-bond acceptors (Lipinski definition) is 3. The second-order valence-electron chi connectivity index (χ2n) is 6.77. The van der Waals surface area contributed by atoms with Gasteiger partial charge in [0.25, 0.3) is 0 Å². The van der Waals surface area contributed by atoms with Crippen molar-refractivity contribution in [3.8, 4) is 0 Å². The molecule has 2 aromatic rings. The number of benzene rings is 2. The Morgan fingerprint density at radius 2 is 1.92 bits per heavy atom. The fraction of sp³-hybridized carbons (Fsp3) is 0.476. The van der Waals surface area contributed by atoms with Gasteiger partial charge < -0.3 is 10.6 Å². The van der Waals surface area contributed by atoms with Gasteiger partial charge >= 0.3 is 0 Å². The maximum Gasteiger partial charge on any atom is 0.220 e. The first kappa shape index (κ1) is 18.3. The topological polar surface area (TPSA) is 41.1 Å². The number of thioether (sulfide) groups is 1. The molecule has 0 spiro atoms. The van der Waals surface area contributed by atoms with E-state index in [0.717, 1.165) is 43.5 Å². The third-order valence-electron chi connectivity index (χ3n) is 4.94. The van der Waals surface area contributed by atoms with Crippen LogP contribution < -0.4 is 10.6 Å². The second kappa shape index (κ2) is 9.83. The van der Waals surface area contributed by atoms with Crippen molar-refractivity contribution < 1.29 is 4.79 Å². The molecular weight excluding hydrogens is 328 g/mol. The smallest absolute Gasteiger partial charge is 0.220 e. The number of hydrogen-bond donors (Lipinski definition) is 2. The summed E-state index contributed by atoms with van der Waals surface area (Å²) in [5.41, 5.74) is 1.38. The van der Waals surface area contributed by atoms with Crippen LogP contribution in [-0.4, -0.2) is 31.3 Å². The quantitative estimate of drug-likeness (QED) is 0.703.